The summed E-state index contributed by atoms with van der Waals surface area (Å²) < 4.78 is 20.9. The summed E-state index contributed by atoms with van der Waals surface area (Å²) in [5.74, 6) is 1.79. The van der Waals surface area contributed by atoms with E-state index >= 15 is 0 Å². The van der Waals surface area contributed by atoms with E-state index in [0.717, 1.165) is 64.5 Å². The van der Waals surface area contributed by atoms with Crippen LogP contribution in [0.1, 0.15) is 71.6 Å². The minimum Gasteiger partial charge on any atom is -0.355 e. The lowest BCUT2D eigenvalue weighted by atomic mass is 9.45. The molecule has 1 heterocycles. The molecule has 0 bridgehead atoms. The fourth-order valence-electron chi connectivity index (χ4n) is 7.99. The lowest BCUT2D eigenvalue weighted by Crippen LogP contribution is -2.54. The summed E-state index contributed by atoms with van der Waals surface area (Å²) >= 11 is 0. The van der Waals surface area contributed by atoms with Gasteiger partial charge in [-0.1, -0.05) is 13.8 Å². The predicted molar refractivity (Wildman–Crippen MR) is 112 cm³/mol. The van der Waals surface area contributed by atoms with E-state index in [1.54, 1.807) is 0 Å². The van der Waals surface area contributed by atoms with Gasteiger partial charge in [0.05, 0.1) is 6.10 Å². The molecule has 29 heavy (non-hydrogen) atoms. The van der Waals surface area contributed by atoms with Gasteiger partial charge in [-0.3, -0.25) is 9.79 Å². The molecule has 5 rings (SSSR count). The molecule has 0 aromatic carbocycles. The number of fused-ring (bicyclic) bond motifs is 5. The monoisotopic (exact) mass is 404 g/mol. The average Bonchev–Trinajstić information content (AvgIpc) is 3.28. The van der Waals surface area contributed by atoms with Gasteiger partial charge in [0.1, 0.15) is 18.7 Å². The van der Waals surface area contributed by atoms with Crippen LogP contribution in [0.4, 0.5) is 4.39 Å². The number of ether oxygens (including phenoxy) is 1. The van der Waals surface area contributed by atoms with Gasteiger partial charge in [-0.05, 0) is 81.1 Å². The number of aliphatic imine (C=N–C) groups is 1. The molecule has 0 spiro atoms. The van der Waals surface area contributed by atoms with Gasteiger partial charge in [-0.2, -0.15) is 0 Å². The Kier molecular flexibility index (Phi) is 5.13. The zero-order valence-electron chi connectivity index (χ0n) is 18.1. The average molecular weight is 405 g/mol. The van der Waals surface area contributed by atoms with Gasteiger partial charge in [-0.25, -0.2) is 4.39 Å². The minimum absolute atomic E-state index is 0.0324. The molecule has 5 aliphatic rings. The molecule has 5 heteroatoms. The van der Waals surface area contributed by atoms with Gasteiger partial charge in [0, 0.05) is 30.0 Å². The molecular formula is C24H37FN2O2. The second-order valence-electron chi connectivity index (χ2n) is 11.0. The van der Waals surface area contributed by atoms with Crippen molar-refractivity contribution in [1.82, 2.24) is 5.32 Å². The third-order valence-electron chi connectivity index (χ3n) is 9.77. The summed E-state index contributed by atoms with van der Waals surface area (Å²) in [7, 11) is 0. The van der Waals surface area contributed by atoms with E-state index in [0.29, 0.717) is 30.6 Å². The normalized spacial score (nSPS) is 51.0. The molecular weight excluding hydrogens is 367 g/mol. The molecule has 162 valence electrons. The molecule has 4 aliphatic carbocycles. The zero-order chi connectivity index (χ0) is 20.2. The van der Waals surface area contributed by atoms with Crippen molar-refractivity contribution in [3.8, 4) is 0 Å². The summed E-state index contributed by atoms with van der Waals surface area (Å²) in [4.78, 5) is 17.4. The Morgan fingerprint density at radius 1 is 1.17 bits per heavy atom. The summed E-state index contributed by atoms with van der Waals surface area (Å²) in [5.41, 5.74) is 1.22. The van der Waals surface area contributed by atoms with Crippen LogP contribution in [-0.4, -0.2) is 43.6 Å². The molecule has 0 aromatic rings. The highest BCUT2D eigenvalue weighted by atomic mass is 19.1. The lowest BCUT2D eigenvalue weighted by molar-refractivity contribution is -0.138. The van der Waals surface area contributed by atoms with E-state index in [2.05, 4.69) is 19.2 Å². The third-order valence-corrected chi connectivity index (χ3v) is 9.77. The number of ketones is 1. The molecule has 1 saturated heterocycles. The molecule has 0 radical (unpaired) electrons. The first-order valence-electron chi connectivity index (χ1n) is 11.9. The Morgan fingerprint density at radius 2 is 2.03 bits per heavy atom. The Bertz CT molecular complexity index is 690. The fraction of sp³-hybridized carbons (Fsp3) is 0.917. The number of carbonyl (C=O) groups is 1. The molecule has 1 N–H and O–H groups in total. The smallest absolute Gasteiger partial charge is 0.142 e. The number of carbonyl (C=O) groups excluding carboxylic acids is 1. The van der Waals surface area contributed by atoms with E-state index in [1.807, 2.05) is 0 Å². The highest BCUT2D eigenvalue weighted by Gasteiger charge is 2.63. The molecule has 1 aliphatic heterocycles. The van der Waals surface area contributed by atoms with Gasteiger partial charge in [-0.15, -0.1) is 0 Å². The number of alkyl halides is 1. The first kappa shape index (κ1) is 20.1. The minimum atomic E-state index is -0.914. The third kappa shape index (κ3) is 3.22. The van der Waals surface area contributed by atoms with Gasteiger partial charge in [0.25, 0.3) is 0 Å². The number of rotatable bonds is 3. The summed E-state index contributed by atoms with van der Waals surface area (Å²) in [5, 5.41) is 3.33. The number of Topliss-reactive ketones (excluding diaryl/α,β-unsaturated/α-hetero) is 1. The molecule has 4 saturated carbocycles. The SMILES string of the molecule is C[C@]12CC/C(=N\COC3CCNC3)CC1CCC1C2CC[C@]2(C)C(=O)CC(F)C12. The number of nitrogens with one attached hydrogen (secondary N) is 1. The first-order chi connectivity index (χ1) is 13.9. The maximum Gasteiger partial charge on any atom is 0.142 e. The van der Waals surface area contributed by atoms with Crippen LogP contribution in [0.3, 0.4) is 0 Å². The summed E-state index contributed by atoms with van der Waals surface area (Å²) in [6, 6.07) is 0. The molecule has 8 atom stereocenters. The second-order valence-corrected chi connectivity index (χ2v) is 11.0. The lowest BCUT2D eigenvalue weighted by Gasteiger charge is -2.59. The van der Waals surface area contributed by atoms with Gasteiger partial charge >= 0.3 is 0 Å². The molecule has 0 amide bonds. The van der Waals surface area contributed by atoms with E-state index in [-0.39, 0.29) is 23.5 Å². The Hall–Kier alpha value is -0.810. The largest absolute Gasteiger partial charge is 0.355 e. The Labute approximate surface area is 174 Å². The molecule has 6 unspecified atom stereocenters. The first-order valence-corrected chi connectivity index (χ1v) is 11.9. The van der Waals surface area contributed by atoms with Crippen LogP contribution in [0.2, 0.25) is 0 Å². The van der Waals surface area contributed by atoms with Gasteiger partial charge in [0.2, 0.25) is 0 Å². The van der Waals surface area contributed by atoms with Crippen molar-refractivity contribution < 1.29 is 13.9 Å². The van der Waals surface area contributed by atoms with Crippen LogP contribution in [0.5, 0.6) is 0 Å². The van der Waals surface area contributed by atoms with Crippen LogP contribution < -0.4 is 5.32 Å². The number of hydrogen-bond donors (Lipinski definition) is 1. The van der Waals surface area contributed by atoms with Crippen LogP contribution in [0, 0.1) is 34.5 Å². The van der Waals surface area contributed by atoms with Crippen molar-refractivity contribution in [3.05, 3.63) is 0 Å². The molecule has 4 nitrogen and oxygen atoms in total. The predicted octanol–water partition coefficient (Wildman–Crippen LogP) is 4.32. The molecule has 0 aromatic heterocycles. The second kappa shape index (κ2) is 7.40. The maximum atomic E-state index is 14.9. The quantitative estimate of drug-likeness (QED) is 0.762. The number of nitrogens with zero attached hydrogens (tertiary/aromatic N) is 1. The maximum absolute atomic E-state index is 14.9. The van der Waals surface area contributed by atoms with E-state index < -0.39 is 11.6 Å². The van der Waals surface area contributed by atoms with Gasteiger partial charge < -0.3 is 10.1 Å². The van der Waals surface area contributed by atoms with Crippen molar-refractivity contribution in [2.45, 2.75) is 83.9 Å². The van der Waals surface area contributed by atoms with Crippen molar-refractivity contribution >= 4 is 11.5 Å². The van der Waals surface area contributed by atoms with Crippen LogP contribution in [0.15, 0.2) is 4.99 Å². The Morgan fingerprint density at radius 3 is 2.83 bits per heavy atom. The van der Waals surface area contributed by atoms with Crippen molar-refractivity contribution in [2.75, 3.05) is 19.8 Å². The standard InChI is InChI=1S/C24H37FN2O2/c1-23-8-5-16(27-14-29-17-7-10-26-13-17)11-15(23)3-4-18-19(23)6-9-24(2)21(28)12-20(25)22(18)24/h15,17-20,22,26H,3-14H2,1-2H3/b27-16+/t15?,17?,18?,19?,20?,22?,23-,24+/m0/s1. The van der Waals surface area contributed by atoms with E-state index in [1.165, 1.54) is 5.71 Å². The number of halogens is 1. The van der Waals surface area contributed by atoms with Gasteiger partial charge in [0.15, 0.2) is 0 Å². The van der Waals surface area contributed by atoms with Crippen LogP contribution >= 0.6 is 0 Å². The topological polar surface area (TPSA) is 50.7 Å². The zero-order valence-corrected chi connectivity index (χ0v) is 18.1. The van der Waals surface area contributed by atoms with E-state index in [4.69, 9.17) is 9.73 Å². The highest BCUT2D eigenvalue weighted by Crippen LogP contribution is 2.65. The van der Waals surface area contributed by atoms with Crippen molar-refractivity contribution in [2.24, 2.45) is 39.5 Å². The van der Waals surface area contributed by atoms with Crippen molar-refractivity contribution in [1.29, 1.82) is 0 Å². The van der Waals surface area contributed by atoms with E-state index in [9.17, 15) is 9.18 Å². The summed E-state index contributed by atoms with van der Waals surface area (Å²) in [6.07, 6.45) is 8.23. The fourth-order valence-corrected chi connectivity index (χ4v) is 7.99. The summed E-state index contributed by atoms with van der Waals surface area (Å²) in [6.45, 7) is 7.04. The highest BCUT2D eigenvalue weighted by molar-refractivity contribution is 5.88. The Balaban J connectivity index is 1.27. The van der Waals surface area contributed by atoms with Crippen LogP contribution in [-0.2, 0) is 9.53 Å². The number of hydrogen-bond acceptors (Lipinski definition) is 4. The molecule has 5 fully saturated rings. The van der Waals surface area contributed by atoms with Crippen LogP contribution in [0.25, 0.3) is 0 Å². The van der Waals surface area contributed by atoms with Crippen molar-refractivity contribution in [3.63, 3.8) is 0 Å².